The number of ether oxygens (including phenoxy) is 2. The van der Waals surface area contributed by atoms with Crippen LogP contribution >= 0.6 is 0 Å². The van der Waals surface area contributed by atoms with Gasteiger partial charge in [0.05, 0.1) is 11.5 Å². The lowest BCUT2D eigenvalue weighted by Crippen LogP contribution is -2.34. The van der Waals surface area contributed by atoms with E-state index in [1.165, 1.54) is 12.1 Å². The fourth-order valence-corrected chi connectivity index (χ4v) is 1.36. The summed E-state index contributed by atoms with van der Waals surface area (Å²) in [5.41, 5.74) is -0.673. The number of hydrogen-bond acceptors (Lipinski definition) is 5. The first-order valence-corrected chi connectivity index (χ1v) is 6.12. The Bertz CT molecular complexity index is 482. The van der Waals surface area contributed by atoms with E-state index in [0.717, 1.165) is 0 Å². The number of rotatable bonds is 5. The second kappa shape index (κ2) is 6.74. The molecule has 0 saturated heterocycles. The highest BCUT2D eigenvalue weighted by molar-refractivity contribution is 5.67. The first-order valence-electron chi connectivity index (χ1n) is 6.12. The Morgan fingerprint density at radius 3 is 2.60 bits per heavy atom. The number of para-hydroxylation sites is 2. The zero-order chi connectivity index (χ0) is 15.2. The van der Waals surface area contributed by atoms with Gasteiger partial charge in [0.25, 0.3) is 0 Å². The molecule has 1 rings (SSSR count). The van der Waals surface area contributed by atoms with E-state index < -0.39 is 16.6 Å². The highest BCUT2D eigenvalue weighted by Gasteiger charge is 2.16. The van der Waals surface area contributed by atoms with E-state index in [9.17, 15) is 14.9 Å². The van der Waals surface area contributed by atoms with Crippen LogP contribution in [-0.4, -0.2) is 29.8 Å². The minimum Gasteiger partial charge on any atom is -0.485 e. The van der Waals surface area contributed by atoms with Crippen LogP contribution in [0.1, 0.15) is 20.8 Å². The molecule has 0 unspecified atom stereocenters. The Kier molecular flexibility index (Phi) is 5.31. The number of nitro benzene ring substituents is 1. The Labute approximate surface area is 117 Å². The van der Waals surface area contributed by atoms with Gasteiger partial charge >= 0.3 is 11.8 Å². The first kappa shape index (κ1) is 15.7. The first-order chi connectivity index (χ1) is 9.29. The summed E-state index contributed by atoms with van der Waals surface area (Å²) in [7, 11) is 0. The summed E-state index contributed by atoms with van der Waals surface area (Å²) in [6.07, 6.45) is -0.552. The summed E-state index contributed by atoms with van der Waals surface area (Å²) in [5, 5.41) is 13.3. The van der Waals surface area contributed by atoms with Gasteiger partial charge in [-0.3, -0.25) is 10.1 Å². The average molecular weight is 282 g/mol. The predicted octanol–water partition coefficient (Wildman–Crippen LogP) is 2.50. The second-order valence-electron chi connectivity index (χ2n) is 5.00. The molecule has 20 heavy (non-hydrogen) atoms. The molecule has 0 fully saturated rings. The van der Waals surface area contributed by atoms with Crippen LogP contribution in [0.15, 0.2) is 24.3 Å². The van der Waals surface area contributed by atoms with Crippen LogP contribution in [0.4, 0.5) is 10.5 Å². The Morgan fingerprint density at radius 2 is 2.00 bits per heavy atom. The van der Waals surface area contributed by atoms with Crippen molar-refractivity contribution >= 4 is 11.8 Å². The average Bonchev–Trinajstić information content (AvgIpc) is 2.33. The lowest BCUT2D eigenvalue weighted by molar-refractivity contribution is -0.385. The molecular weight excluding hydrogens is 264 g/mol. The van der Waals surface area contributed by atoms with Crippen molar-refractivity contribution in [3.63, 3.8) is 0 Å². The number of nitrogens with zero attached hydrogens (tertiary/aromatic N) is 1. The predicted molar refractivity (Wildman–Crippen MR) is 72.8 cm³/mol. The molecule has 0 spiro atoms. The van der Waals surface area contributed by atoms with Crippen LogP contribution in [0.2, 0.25) is 0 Å². The smallest absolute Gasteiger partial charge is 0.407 e. The van der Waals surface area contributed by atoms with Gasteiger partial charge in [-0.1, -0.05) is 12.1 Å². The summed E-state index contributed by atoms with van der Waals surface area (Å²) in [6, 6.07) is 6.07. The van der Waals surface area contributed by atoms with Gasteiger partial charge < -0.3 is 14.8 Å². The minimum atomic E-state index is -0.566. The molecule has 0 heterocycles. The SMILES string of the molecule is CC(C)(C)OC(=O)NCCOc1ccccc1[N+](=O)[O-]. The maximum Gasteiger partial charge on any atom is 0.407 e. The molecule has 1 aromatic rings. The topological polar surface area (TPSA) is 90.7 Å². The maximum atomic E-state index is 11.3. The number of carbonyl (C=O) groups excluding carboxylic acids is 1. The molecule has 0 aliphatic carbocycles. The van der Waals surface area contributed by atoms with Crippen molar-refractivity contribution < 1.29 is 19.2 Å². The van der Waals surface area contributed by atoms with Crippen molar-refractivity contribution in [2.24, 2.45) is 0 Å². The molecule has 7 nitrogen and oxygen atoms in total. The Balaban J connectivity index is 2.39. The fraction of sp³-hybridized carbons (Fsp3) is 0.462. The summed E-state index contributed by atoms with van der Waals surface area (Å²) < 4.78 is 10.3. The lowest BCUT2D eigenvalue weighted by atomic mass is 10.2. The fourth-order valence-electron chi connectivity index (χ4n) is 1.36. The number of alkyl carbamates (subject to hydrolysis) is 1. The summed E-state index contributed by atoms with van der Waals surface area (Å²) in [6.45, 7) is 5.59. The number of amides is 1. The molecule has 0 radical (unpaired) electrons. The van der Waals surface area contributed by atoms with Crippen molar-refractivity contribution in [2.45, 2.75) is 26.4 Å². The van der Waals surface area contributed by atoms with Gasteiger partial charge in [-0.2, -0.15) is 0 Å². The third-order valence-corrected chi connectivity index (χ3v) is 2.09. The summed E-state index contributed by atoms with van der Waals surface area (Å²) in [4.78, 5) is 21.6. The zero-order valence-electron chi connectivity index (χ0n) is 11.7. The van der Waals surface area contributed by atoms with Crippen molar-refractivity contribution in [1.82, 2.24) is 5.32 Å². The molecule has 0 aliphatic rings. The van der Waals surface area contributed by atoms with E-state index in [0.29, 0.717) is 0 Å². The molecule has 1 aromatic carbocycles. The van der Waals surface area contributed by atoms with E-state index in [2.05, 4.69) is 5.32 Å². The van der Waals surface area contributed by atoms with Crippen LogP contribution in [0.3, 0.4) is 0 Å². The Morgan fingerprint density at radius 1 is 1.35 bits per heavy atom. The third-order valence-electron chi connectivity index (χ3n) is 2.09. The van der Waals surface area contributed by atoms with Crippen molar-refractivity contribution in [2.75, 3.05) is 13.2 Å². The molecule has 0 atom stereocenters. The van der Waals surface area contributed by atoms with Crippen LogP contribution < -0.4 is 10.1 Å². The zero-order valence-corrected chi connectivity index (χ0v) is 11.7. The summed E-state index contributed by atoms with van der Waals surface area (Å²) >= 11 is 0. The van der Waals surface area contributed by atoms with Gasteiger partial charge in [0, 0.05) is 6.07 Å². The minimum absolute atomic E-state index is 0.107. The molecule has 110 valence electrons. The summed E-state index contributed by atoms with van der Waals surface area (Å²) in [5.74, 6) is 0.170. The largest absolute Gasteiger partial charge is 0.485 e. The number of hydrogen-bond donors (Lipinski definition) is 1. The molecule has 1 amide bonds. The van der Waals surface area contributed by atoms with Crippen LogP contribution in [0.25, 0.3) is 0 Å². The third kappa shape index (κ3) is 5.55. The highest BCUT2D eigenvalue weighted by Crippen LogP contribution is 2.25. The molecule has 0 aliphatic heterocycles. The van der Waals surface area contributed by atoms with Crippen LogP contribution in [0.5, 0.6) is 5.75 Å². The highest BCUT2D eigenvalue weighted by atomic mass is 16.6. The maximum absolute atomic E-state index is 11.3. The van der Waals surface area contributed by atoms with Gasteiger partial charge in [-0.15, -0.1) is 0 Å². The molecular formula is C13H18N2O5. The van der Waals surface area contributed by atoms with Gasteiger partial charge in [-0.25, -0.2) is 4.79 Å². The molecule has 1 N–H and O–H groups in total. The normalized spacial score (nSPS) is 10.8. The van der Waals surface area contributed by atoms with E-state index in [4.69, 9.17) is 9.47 Å². The molecule has 0 bridgehead atoms. The van der Waals surface area contributed by atoms with Gasteiger partial charge in [0.15, 0.2) is 5.75 Å². The standard InChI is InChI=1S/C13H18N2O5/c1-13(2,3)20-12(16)14-8-9-19-11-7-5-4-6-10(11)15(17)18/h4-7H,8-9H2,1-3H3,(H,14,16). The number of benzene rings is 1. The molecule has 0 saturated carbocycles. The number of nitro groups is 1. The van der Waals surface area contributed by atoms with Crippen LogP contribution in [0, 0.1) is 10.1 Å². The van der Waals surface area contributed by atoms with Crippen LogP contribution in [-0.2, 0) is 4.74 Å². The number of nitrogens with one attached hydrogen (secondary N) is 1. The quantitative estimate of drug-likeness (QED) is 0.509. The molecule has 0 aromatic heterocycles. The lowest BCUT2D eigenvalue weighted by Gasteiger charge is -2.19. The Hall–Kier alpha value is -2.31. The van der Waals surface area contributed by atoms with Gasteiger partial charge in [-0.05, 0) is 26.8 Å². The van der Waals surface area contributed by atoms with E-state index in [1.807, 2.05) is 0 Å². The second-order valence-corrected chi connectivity index (χ2v) is 5.00. The molecule has 7 heteroatoms. The van der Waals surface area contributed by atoms with Gasteiger partial charge in [0.1, 0.15) is 12.2 Å². The van der Waals surface area contributed by atoms with Gasteiger partial charge in [0.2, 0.25) is 0 Å². The van der Waals surface area contributed by atoms with Crippen molar-refractivity contribution in [3.05, 3.63) is 34.4 Å². The number of carbonyl (C=O) groups is 1. The van der Waals surface area contributed by atoms with E-state index >= 15 is 0 Å². The van der Waals surface area contributed by atoms with Crippen molar-refractivity contribution in [1.29, 1.82) is 0 Å². The monoisotopic (exact) mass is 282 g/mol. The van der Waals surface area contributed by atoms with E-state index in [-0.39, 0.29) is 24.6 Å². The van der Waals surface area contributed by atoms with Crippen molar-refractivity contribution in [3.8, 4) is 5.75 Å². The van der Waals surface area contributed by atoms with E-state index in [1.54, 1.807) is 32.9 Å².